The molecule has 1 aliphatic rings. The molecule has 6 heteroatoms. The maximum Gasteiger partial charge on any atom is 0.252 e. The molecule has 134 valence electrons. The quantitative estimate of drug-likeness (QED) is 0.633. The van der Waals surface area contributed by atoms with Gasteiger partial charge in [-0.25, -0.2) is 0 Å². The van der Waals surface area contributed by atoms with E-state index in [0.717, 1.165) is 35.5 Å². The number of para-hydroxylation sites is 1. The number of hydrogen-bond acceptors (Lipinski definition) is 4. The minimum atomic E-state index is -0.0405. The summed E-state index contributed by atoms with van der Waals surface area (Å²) in [7, 11) is 0. The normalized spacial score (nSPS) is 12.9. The Balaban J connectivity index is 0.00000225. The molecule has 25 heavy (non-hydrogen) atoms. The van der Waals surface area contributed by atoms with Crippen molar-refractivity contribution in [3.05, 3.63) is 54.1 Å². The number of halogens is 1. The third kappa shape index (κ3) is 4.87. The number of nitrogens with zero attached hydrogens (tertiary/aromatic N) is 1. The third-order valence-electron chi connectivity index (χ3n) is 4.05. The molecule has 0 fully saturated rings. The predicted octanol–water partition coefficient (Wildman–Crippen LogP) is 3.07. The van der Waals surface area contributed by atoms with Crippen LogP contribution in [0, 0.1) is 0 Å². The zero-order valence-electron chi connectivity index (χ0n) is 14.0. The van der Waals surface area contributed by atoms with Crippen molar-refractivity contribution in [3.8, 4) is 5.75 Å². The van der Waals surface area contributed by atoms with E-state index >= 15 is 0 Å². The van der Waals surface area contributed by atoms with E-state index in [4.69, 9.17) is 15.2 Å². The van der Waals surface area contributed by atoms with Crippen LogP contribution in [0.2, 0.25) is 0 Å². The molecule has 0 bridgehead atoms. The monoisotopic (exact) mass is 362 g/mol. The van der Waals surface area contributed by atoms with Crippen molar-refractivity contribution in [1.29, 1.82) is 0 Å². The van der Waals surface area contributed by atoms with E-state index in [1.807, 2.05) is 48.5 Å². The number of carbonyl (C=O) groups excluding carboxylic acids is 1. The molecule has 0 radical (unpaired) electrons. The lowest BCUT2D eigenvalue weighted by Gasteiger charge is -2.30. The van der Waals surface area contributed by atoms with E-state index in [1.165, 1.54) is 0 Å². The lowest BCUT2D eigenvalue weighted by molar-refractivity contribution is -0.123. The molecule has 1 heterocycles. The lowest BCUT2D eigenvalue weighted by Crippen LogP contribution is -2.38. The van der Waals surface area contributed by atoms with Crippen LogP contribution in [0.4, 0.5) is 11.4 Å². The second kappa shape index (κ2) is 9.30. The Kier molecular flexibility index (Phi) is 7.10. The van der Waals surface area contributed by atoms with Gasteiger partial charge in [0, 0.05) is 17.9 Å². The topological polar surface area (TPSA) is 64.8 Å². The van der Waals surface area contributed by atoms with Gasteiger partial charge in [-0.05, 0) is 42.7 Å². The van der Waals surface area contributed by atoms with Crippen LogP contribution in [-0.2, 0) is 16.0 Å². The van der Waals surface area contributed by atoms with Crippen LogP contribution < -0.4 is 15.4 Å². The smallest absolute Gasteiger partial charge is 0.252 e. The molecule has 0 aromatic heterocycles. The van der Waals surface area contributed by atoms with Gasteiger partial charge in [0.1, 0.15) is 19.0 Å². The first kappa shape index (κ1) is 19.1. The second-order valence-corrected chi connectivity index (χ2v) is 5.71. The molecule has 5 nitrogen and oxygen atoms in total. The minimum Gasteiger partial charge on any atom is -0.491 e. The Labute approximate surface area is 154 Å². The molecule has 0 saturated heterocycles. The molecule has 3 rings (SSSR count). The van der Waals surface area contributed by atoms with Gasteiger partial charge in [0.2, 0.25) is 0 Å². The maximum absolute atomic E-state index is 12.4. The number of rotatable bonds is 6. The molecule has 2 N–H and O–H groups in total. The molecule has 2 aromatic rings. The zero-order chi connectivity index (χ0) is 16.8. The van der Waals surface area contributed by atoms with E-state index in [9.17, 15) is 4.79 Å². The fourth-order valence-corrected chi connectivity index (χ4v) is 2.88. The molecule has 1 amide bonds. The highest BCUT2D eigenvalue weighted by Gasteiger charge is 2.23. The van der Waals surface area contributed by atoms with Crippen LogP contribution in [-0.4, -0.2) is 32.3 Å². The van der Waals surface area contributed by atoms with Crippen molar-refractivity contribution in [2.24, 2.45) is 0 Å². The summed E-state index contributed by atoms with van der Waals surface area (Å²) in [6.07, 6.45) is 1.83. The van der Waals surface area contributed by atoms with Gasteiger partial charge in [-0.1, -0.05) is 24.3 Å². The average Bonchev–Trinajstić information content (AvgIpc) is 2.62. The predicted molar refractivity (Wildman–Crippen MR) is 102 cm³/mol. The molecule has 0 atom stereocenters. The number of nitrogens with two attached hydrogens (primary N) is 1. The molecular formula is C19H23ClN2O3. The van der Waals surface area contributed by atoms with E-state index in [0.29, 0.717) is 19.8 Å². The fourth-order valence-electron chi connectivity index (χ4n) is 2.88. The molecule has 0 saturated carbocycles. The van der Waals surface area contributed by atoms with Crippen LogP contribution in [0.25, 0.3) is 0 Å². The maximum atomic E-state index is 12.4. The molecule has 2 aromatic carbocycles. The molecule has 0 aliphatic carbocycles. The van der Waals surface area contributed by atoms with Gasteiger partial charge in [-0.15, -0.1) is 12.4 Å². The number of fused-ring (bicyclic) bond motifs is 1. The van der Waals surface area contributed by atoms with Crippen LogP contribution in [0.1, 0.15) is 12.0 Å². The van der Waals surface area contributed by atoms with Crippen LogP contribution >= 0.6 is 12.4 Å². The second-order valence-electron chi connectivity index (χ2n) is 5.71. The van der Waals surface area contributed by atoms with Crippen molar-refractivity contribution in [2.45, 2.75) is 12.8 Å². The van der Waals surface area contributed by atoms with Crippen molar-refractivity contribution in [1.82, 2.24) is 0 Å². The number of benzene rings is 2. The Morgan fingerprint density at radius 1 is 1.08 bits per heavy atom. The number of carbonyl (C=O) groups is 1. The highest BCUT2D eigenvalue weighted by Crippen LogP contribution is 2.31. The SMILES string of the molecule is Cl.Nc1cccc2c1CCCN2C(=O)COCCOc1ccccc1. The minimum absolute atomic E-state index is 0. The Morgan fingerprint density at radius 2 is 1.88 bits per heavy atom. The number of ether oxygens (including phenoxy) is 2. The largest absolute Gasteiger partial charge is 0.491 e. The van der Waals surface area contributed by atoms with Gasteiger partial charge >= 0.3 is 0 Å². The summed E-state index contributed by atoms with van der Waals surface area (Å²) in [5.41, 5.74) is 8.74. The van der Waals surface area contributed by atoms with Crippen molar-refractivity contribution in [2.75, 3.05) is 37.0 Å². The van der Waals surface area contributed by atoms with Gasteiger partial charge in [0.15, 0.2) is 0 Å². The molecule has 1 aliphatic heterocycles. The first-order valence-corrected chi connectivity index (χ1v) is 8.19. The Bertz CT molecular complexity index is 694. The third-order valence-corrected chi connectivity index (χ3v) is 4.05. The number of hydrogen-bond donors (Lipinski definition) is 1. The lowest BCUT2D eigenvalue weighted by atomic mass is 10.00. The van der Waals surface area contributed by atoms with Gasteiger partial charge in [-0.2, -0.15) is 0 Å². The average molecular weight is 363 g/mol. The summed E-state index contributed by atoms with van der Waals surface area (Å²) in [6, 6.07) is 15.3. The van der Waals surface area contributed by atoms with Crippen LogP contribution in [0.3, 0.4) is 0 Å². The zero-order valence-corrected chi connectivity index (χ0v) is 14.8. The fraction of sp³-hybridized carbons (Fsp3) is 0.316. The first-order chi connectivity index (χ1) is 11.8. The highest BCUT2D eigenvalue weighted by atomic mass is 35.5. The van der Waals surface area contributed by atoms with Crippen molar-refractivity contribution >= 4 is 29.7 Å². The van der Waals surface area contributed by atoms with Gasteiger partial charge in [0.05, 0.1) is 6.61 Å². The van der Waals surface area contributed by atoms with Crippen molar-refractivity contribution in [3.63, 3.8) is 0 Å². The first-order valence-electron chi connectivity index (χ1n) is 8.19. The summed E-state index contributed by atoms with van der Waals surface area (Å²) >= 11 is 0. The molecule has 0 spiro atoms. The highest BCUT2D eigenvalue weighted by molar-refractivity contribution is 5.96. The summed E-state index contributed by atoms with van der Waals surface area (Å²) in [4.78, 5) is 14.2. The Hall–Kier alpha value is -2.24. The number of anilines is 2. The number of amides is 1. The summed E-state index contributed by atoms with van der Waals surface area (Å²) in [5, 5.41) is 0. The summed E-state index contributed by atoms with van der Waals surface area (Å²) in [5.74, 6) is 0.758. The van der Waals surface area contributed by atoms with Crippen LogP contribution in [0.5, 0.6) is 5.75 Å². The van der Waals surface area contributed by atoms with E-state index in [2.05, 4.69) is 0 Å². The van der Waals surface area contributed by atoms with E-state index in [1.54, 1.807) is 4.90 Å². The Morgan fingerprint density at radius 3 is 2.68 bits per heavy atom. The van der Waals surface area contributed by atoms with Gasteiger partial charge < -0.3 is 20.1 Å². The van der Waals surface area contributed by atoms with E-state index < -0.39 is 0 Å². The van der Waals surface area contributed by atoms with Gasteiger partial charge in [0.25, 0.3) is 5.91 Å². The van der Waals surface area contributed by atoms with Gasteiger partial charge in [-0.3, -0.25) is 4.79 Å². The summed E-state index contributed by atoms with van der Waals surface area (Å²) < 4.78 is 11.0. The standard InChI is InChI=1S/C19H22N2O3.ClH/c20-17-9-4-10-18-16(17)8-5-11-21(18)19(22)14-23-12-13-24-15-6-2-1-3-7-15;/h1-4,6-7,9-10H,5,8,11-14,20H2;1H. The van der Waals surface area contributed by atoms with Crippen molar-refractivity contribution < 1.29 is 14.3 Å². The molecule has 0 unspecified atom stereocenters. The van der Waals surface area contributed by atoms with E-state index in [-0.39, 0.29) is 24.9 Å². The van der Waals surface area contributed by atoms with Crippen LogP contribution in [0.15, 0.2) is 48.5 Å². The molecular weight excluding hydrogens is 340 g/mol. The summed E-state index contributed by atoms with van der Waals surface area (Å²) in [6.45, 7) is 1.55. The number of nitrogen functional groups attached to an aromatic ring is 1.